The molecule has 0 heterocycles. The number of hydrogen-bond acceptors (Lipinski definition) is 6. The topological polar surface area (TPSA) is 92.8 Å². The lowest BCUT2D eigenvalue weighted by Crippen LogP contribution is -2.16. The van der Waals surface area contributed by atoms with Crippen LogP contribution in [0.1, 0.15) is 12.8 Å². The largest absolute Gasteiger partial charge is 0.494 e. The van der Waals surface area contributed by atoms with Crippen LogP contribution in [0.4, 0.5) is 10.5 Å². The van der Waals surface area contributed by atoms with E-state index in [1.165, 1.54) is 17.0 Å². The van der Waals surface area contributed by atoms with E-state index in [-0.39, 0.29) is 22.5 Å². The number of hydrogen-bond donors (Lipinski definition) is 1. The van der Waals surface area contributed by atoms with Gasteiger partial charge in [-0.05, 0) is 66.7 Å². The van der Waals surface area contributed by atoms with E-state index >= 15 is 0 Å². The molecule has 0 radical (unpaired) electrons. The van der Waals surface area contributed by atoms with Crippen molar-refractivity contribution in [1.29, 1.82) is 0 Å². The monoisotopic (exact) mass is 436 g/mol. The highest BCUT2D eigenvalue weighted by Gasteiger charge is 2.08. The molecule has 0 fully saturated rings. The van der Waals surface area contributed by atoms with Crippen molar-refractivity contribution in [2.75, 3.05) is 32.3 Å². The molecule has 0 spiro atoms. The van der Waals surface area contributed by atoms with Crippen molar-refractivity contribution in [1.82, 2.24) is 4.90 Å². The molecule has 2 rings (SSSR count). The minimum atomic E-state index is -3.23. The zero-order valence-corrected chi connectivity index (χ0v) is 18.2. The summed E-state index contributed by atoms with van der Waals surface area (Å²) in [6, 6.07) is 13.2. The molecule has 0 aliphatic carbocycles. The van der Waals surface area contributed by atoms with Crippen LogP contribution in [0, 0.1) is 0 Å². The second-order valence-electron chi connectivity index (χ2n) is 6.53. The van der Waals surface area contributed by atoms with Crippen LogP contribution in [-0.4, -0.2) is 51.4 Å². The van der Waals surface area contributed by atoms with Gasteiger partial charge in [-0.2, -0.15) is 0 Å². The van der Waals surface area contributed by atoms with Crippen molar-refractivity contribution in [3.05, 3.63) is 48.5 Å². The fourth-order valence-corrected chi connectivity index (χ4v) is 3.51. The van der Waals surface area contributed by atoms with Crippen LogP contribution in [0.3, 0.4) is 0 Å². The van der Waals surface area contributed by atoms with E-state index < -0.39 is 9.84 Å². The number of rotatable bonds is 8. The van der Waals surface area contributed by atoms with Crippen molar-refractivity contribution >= 4 is 38.4 Å². The second-order valence-corrected chi connectivity index (χ2v) is 9.57. The Kier molecular flexibility index (Phi) is 8.10. The van der Waals surface area contributed by atoms with Crippen LogP contribution in [0.5, 0.6) is 5.75 Å². The molecule has 0 aromatic heterocycles. The molecule has 0 saturated heterocycles. The van der Waals surface area contributed by atoms with Crippen molar-refractivity contribution < 1.29 is 22.7 Å². The van der Waals surface area contributed by atoms with Gasteiger partial charge >= 0.3 is 0 Å². The predicted molar refractivity (Wildman–Crippen MR) is 114 cm³/mol. The maximum Gasteiger partial charge on any atom is 0.285 e. The molecular formula is C20H24N2O5S2. The summed E-state index contributed by atoms with van der Waals surface area (Å²) >= 11 is 1.12. The standard InChI is InChI=1S/C20H24N2O5S2/c1-22(2)20(24)28-17-10-6-15(7-11-17)21-19(23)5-4-14-27-16-8-12-18(13-9-16)29(3,25)26/h6-13H,4-5,14H2,1-3H3,(H,21,23). The molecule has 9 heteroatoms. The quantitative estimate of drug-likeness (QED) is 0.501. The number of carbonyl (C=O) groups excluding carboxylic acids is 2. The lowest BCUT2D eigenvalue weighted by molar-refractivity contribution is -0.116. The lowest BCUT2D eigenvalue weighted by Gasteiger charge is -2.10. The average Bonchev–Trinajstić information content (AvgIpc) is 2.66. The van der Waals surface area contributed by atoms with E-state index in [0.29, 0.717) is 24.5 Å². The molecule has 156 valence electrons. The molecule has 0 aliphatic rings. The third kappa shape index (κ3) is 7.78. The summed E-state index contributed by atoms with van der Waals surface area (Å²) in [7, 11) is 0.158. The summed E-state index contributed by atoms with van der Waals surface area (Å²) in [4.78, 5) is 26.2. The zero-order chi connectivity index (χ0) is 21.4. The van der Waals surface area contributed by atoms with Crippen molar-refractivity contribution in [3.63, 3.8) is 0 Å². The van der Waals surface area contributed by atoms with Gasteiger partial charge in [-0.1, -0.05) is 0 Å². The Bertz CT molecular complexity index is 940. The summed E-state index contributed by atoms with van der Waals surface area (Å²) in [5.41, 5.74) is 0.661. The Labute approximate surface area is 175 Å². The van der Waals surface area contributed by atoms with Gasteiger partial charge in [0.05, 0.1) is 11.5 Å². The van der Waals surface area contributed by atoms with E-state index in [2.05, 4.69) is 5.32 Å². The van der Waals surface area contributed by atoms with E-state index in [1.54, 1.807) is 50.5 Å². The Morgan fingerprint density at radius 3 is 2.21 bits per heavy atom. The number of nitrogens with one attached hydrogen (secondary N) is 1. The molecule has 2 aromatic carbocycles. The van der Waals surface area contributed by atoms with Crippen LogP contribution in [-0.2, 0) is 14.6 Å². The summed E-state index contributed by atoms with van der Waals surface area (Å²) in [5.74, 6) is 0.420. The van der Waals surface area contributed by atoms with Crippen LogP contribution in [0.2, 0.25) is 0 Å². The van der Waals surface area contributed by atoms with Crippen molar-refractivity contribution in [2.45, 2.75) is 22.6 Å². The Morgan fingerprint density at radius 2 is 1.66 bits per heavy atom. The normalized spacial score (nSPS) is 11.0. The van der Waals surface area contributed by atoms with Crippen LogP contribution >= 0.6 is 11.8 Å². The van der Waals surface area contributed by atoms with Crippen LogP contribution in [0.15, 0.2) is 58.3 Å². The van der Waals surface area contributed by atoms with Crippen LogP contribution < -0.4 is 10.1 Å². The molecular weight excluding hydrogens is 412 g/mol. The maximum absolute atomic E-state index is 12.0. The fraction of sp³-hybridized carbons (Fsp3) is 0.300. The number of sulfone groups is 1. The van der Waals surface area contributed by atoms with Crippen molar-refractivity contribution in [3.8, 4) is 5.75 Å². The number of thioether (sulfide) groups is 1. The Hall–Kier alpha value is -2.52. The highest BCUT2D eigenvalue weighted by molar-refractivity contribution is 8.13. The number of ether oxygens (including phenoxy) is 1. The number of nitrogens with zero attached hydrogens (tertiary/aromatic N) is 1. The van der Waals surface area contributed by atoms with Gasteiger partial charge in [0, 0.05) is 37.4 Å². The molecule has 2 aromatic rings. The summed E-state index contributed by atoms with van der Waals surface area (Å²) in [5, 5.41) is 2.74. The number of anilines is 1. The maximum atomic E-state index is 12.0. The fourth-order valence-electron chi connectivity index (χ4n) is 2.23. The van der Waals surface area contributed by atoms with E-state index in [0.717, 1.165) is 22.9 Å². The first-order valence-electron chi connectivity index (χ1n) is 8.87. The molecule has 29 heavy (non-hydrogen) atoms. The molecule has 2 amide bonds. The minimum Gasteiger partial charge on any atom is -0.494 e. The molecule has 0 saturated carbocycles. The van der Waals surface area contributed by atoms with Gasteiger partial charge in [0.2, 0.25) is 5.91 Å². The SMILES string of the molecule is CN(C)C(=O)Sc1ccc(NC(=O)CCCOc2ccc(S(C)(=O)=O)cc2)cc1. The van der Waals surface area contributed by atoms with Gasteiger partial charge < -0.3 is 15.0 Å². The number of amides is 2. The predicted octanol–water partition coefficient (Wildman–Crippen LogP) is 3.66. The van der Waals surface area contributed by atoms with Gasteiger partial charge in [0.15, 0.2) is 9.84 Å². The molecule has 0 unspecified atom stereocenters. The first kappa shape index (κ1) is 22.8. The summed E-state index contributed by atoms with van der Waals surface area (Å²) < 4.78 is 28.4. The average molecular weight is 437 g/mol. The zero-order valence-electron chi connectivity index (χ0n) is 16.5. The van der Waals surface area contributed by atoms with Gasteiger partial charge in [0.25, 0.3) is 5.24 Å². The van der Waals surface area contributed by atoms with Gasteiger partial charge in [-0.15, -0.1) is 0 Å². The number of benzene rings is 2. The molecule has 0 bridgehead atoms. The second kappa shape index (κ2) is 10.3. The highest BCUT2D eigenvalue weighted by atomic mass is 32.2. The third-order valence-electron chi connectivity index (χ3n) is 3.78. The number of carbonyl (C=O) groups is 2. The Balaban J connectivity index is 1.72. The minimum absolute atomic E-state index is 0.0623. The first-order chi connectivity index (χ1) is 13.6. The van der Waals surface area contributed by atoms with Gasteiger partial charge in [-0.25, -0.2) is 8.42 Å². The lowest BCUT2D eigenvalue weighted by atomic mass is 10.2. The van der Waals surface area contributed by atoms with Crippen LogP contribution in [0.25, 0.3) is 0 Å². The first-order valence-corrected chi connectivity index (χ1v) is 11.6. The molecule has 7 nitrogen and oxygen atoms in total. The van der Waals surface area contributed by atoms with Gasteiger partial charge in [0.1, 0.15) is 5.75 Å². The summed E-state index contributed by atoms with van der Waals surface area (Å²) in [6.45, 7) is 0.341. The van der Waals surface area contributed by atoms with Gasteiger partial charge in [-0.3, -0.25) is 9.59 Å². The van der Waals surface area contributed by atoms with E-state index in [4.69, 9.17) is 4.74 Å². The third-order valence-corrected chi connectivity index (χ3v) is 5.95. The van der Waals surface area contributed by atoms with E-state index in [1.807, 2.05) is 0 Å². The van der Waals surface area contributed by atoms with Crippen molar-refractivity contribution in [2.24, 2.45) is 0 Å². The molecule has 0 atom stereocenters. The highest BCUT2D eigenvalue weighted by Crippen LogP contribution is 2.22. The van der Waals surface area contributed by atoms with E-state index in [9.17, 15) is 18.0 Å². The molecule has 0 aliphatic heterocycles. The molecule has 1 N–H and O–H groups in total. The summed E-state index contributed by atoms with van der Waals surface area (Å²) in [6.07, 6.45) is 1.96. The smallest absolute Gasteiger partial charge is 0.285 e. The Morgan fingerprint density at radius 1 is 1.03 bits per heavy atom.